The van der Waals surface area contributed by atoms with Crippen molar-refractivity contribution in [2.75, 3.05) is 33.8 Å². The van der Waals surface area contributed by atoms with Crippen molar-refractivity contribution in [3.8, 4) is 5.75 Å². The third-order valence-electron chi connectivity index (χ3n) is 19.5. The summed E-state index contributed by atoms with van der Waals surface area (Å²) in [5.41, 5.74) is 33.6. The minimum Gasteiger partial charge on any atom is -0.508 e. The molecule has 2 aliphatic heterocycles. The molecule has 1 aromatic carbocycles. The number of aliphatic hydroxyl groups is 4. The normalized spacial score (nSPS) is 23.2. The fourth-order valence-corrected chi connectivity index (χ4v) is 13.0. The number of aliphatic imine (C=N–C) groups is 2. The lowest BCUT2D eigenvalue weighted by Gasteiger charge is -2.39. The number of hydrogen-bond donors (Lipinski definition) is 20. The van der Waals surface area contributed by atoms with Crippen molar-refractivity contribution in [1.29, 1.82) is 0 Å². The van der Waals surface area contributed by atoms with Crippen molar-refractivity contribution in [2.45, 2.75) is 243 Å². The molecule has 3 rings (SSSR count). The van der Waals surface area contributed by atoms with E-state index >= 15 is 24.0 Å². The number of benzene rings is 1. The number of fused-ring (bicyclic) bond motifs is 1. The molecule has 2 aliphatic rings. The van der Waals surface area contributed by atoms with E-state index in [1.54, 1.807) is 20.8 Å². The number of aliphatic carboxylic acids is 1. The standard InChI is InChI=1S/C71H118N18O22/c1-32(2)29-34(5)54(95)37(8)59(99)82-44(31-48(72)92)61(101)80-42(17-15-26-78-70(74)75)55(96)56(97)66(106)84-50(35(6)36(7)58(73)98)63(103)86-52-39(10)111-69(109)47-19-13-14-28-89(47)68(108)53(57(110-12)40-20-22-41(91)23-21-40)87-62(102)46(24-25-49(93)94)88(11)67(107)45(30-33(3)4)83-60(100)43(18-16-27-79-71(76)77)81-64(104)51(38(9)90)85-65(52)105/h20-23,32-39,42-47,50-57,90-91,95-97H,13-19,24-31H2,1-12H3,(H2,72,92)(H2,73,98)(H,80,101)(H,81,104)(H,82,99)(H,83,100)(H,84,106)(H,85,105)(H,86,103)(H,87,102)(H,93,94)(H4,74,75,78)(H4,76,77,79)/t34-,35?,36?,37-,38-,39-,42+,43-,44+,45+,46+,47+,50?,51-,52-,53-,54-,55-,56-,57-/m1/s1. The molecule has 0 aliphatic carbocycles. The summed E-state index contributed by atoms with van der Waals surface area (Å²) in [7, 11) is 2.34. The lowest BCUT2D eigenvalue weighted by Crippen LogP contribution is -2.65. The van der Waals surface area contributed by atoms with Gasteiger partial charge in [0.15, 0.2) is 18.0 Å². The van der Waals surface area contributed by atoms with Crippen LogP contribution in [0.1, 0.15) is 158 Å². The molecule has 2 saturated heterocycles. The van der Waals surface area contributed by atoms with E-state index < -0.39 is 229 Å². The van der Waals surface area contributed by atoms with Gasteiger partial charge >= 0.3 is 11.9 Å². The number of nitrogens with zero attached hydrogens (tertiary/aromatic N) is 4. The molecule has 0 saturated carbocycles. The molecule has 26 N–H and O–H groups in total. The molecule has 0 spiro atoms. The van der Waals surface area contributed by atoms with Crippen LogP contribution in [0.15, 0.2) is 34.3 Å². The lowest BCUT2D eigenvalue weighted by atomic mass is 9.87. The van der Waals surface area contributed by atoms with Crippen molar-refractivity contribution in [2.24, 2.45) is 79.9 Å². The van der Waals surface area contributed by atoms with E-state index in [2.05, 4.69) is 52.5 Å². The molecule has 2 fully saturated rings. The second-order valence-corrected chi connectivity index (χ2v) is 29.4. The first-order valence-electron chi connectivity index (χ1n) is 37.0. The van der Waals surface area contributed by atoms with Crippen LogP contribution >= 0.6 is 0 Å². The van der Waals surface area contributed by atoms with Crippen molar-refractivity contribution in [3.05, 3.63) is 29.8 Å². The average molecular weight is 1580 g/mol. The molecule has 3 unspecified atom stereocenters. The molecule has 40 nitrogen and oxygen atoms in total. The summed E-state index contributed by atoms with van der Waals surface area (Å²) >= 11 is 0. The monoisotopic (exact) mass is 1570 g/mol. The van der Waals surface area contributed by atoms with Gasteiger partial charge in [0.05, 0.1) is 30.6 Å². The molecular formula is C71H118N18O22. The van der Waals surface area contributed by atoms with E-state index in [1.165, 1.54) is 52.1 Å². The number of rotatable bonds is 36. The Hall–Kier alpha value is -10.1. The summed E-state index contributed by atoms with van der Waals surface area (Å²) in [6.45, 7) is 14.3. The highest BCUT2D eigenvalue weighted by Gasteiger charge is 2.47. The molecule has 111 heavy (non-hydrogen) atoms. The first-order valence-corrected chi connectivity index (χ1v) is 37.0. The Kier molecular flexibility index (Phi) is 38.8. The molecule has 0 aromatic heterocycles. The minimum atomic E-state index is -2.67. The predicted molar refractivity (Wildman–Crippen MR) is 400 cm³/mol. The molecule has 20 atom stereocenters. The van der Waals surface area contributed by atoms with Gasteiger partial charge in [-0.05, 0) is 119 Å². The number of guanidine groups is 2. The molecule has 40 heteroatoms. The van der Waals surface area contributed by atoms with E-state index in [9.17, 15) is 73.8 Å². The summed E-state index contributed by atoms with van der Waals surface area (Å²) in [4.78, 5) is 210. The highest BCUT2D eigenvalue weighted by Crippen LogP contribution is 2.30. The van der Waals surface area contributed by atoms with Crippen LogP contribution in [-0.4, -0.2) is 260 Å². The van der Waals surface area contributed by atoms with Crippen molar-refractivity contribution in [1.82, 2.24) is 52.3 Å². The number of carbonyl (C=O) groups is 14. The van der Waals surface area contributed by atoms with Crippen molar-refractivity contribution in [3.63, 3.8) is 0 Å². The molecule has 0 bridgehead atoms. The number of phenolic OH excluding ortho intramolecular Hbond substituents is 1. The van der Waals surface area contributed by atoms with Gasteiger partial charge in [0.2, 0.25) is 65.0 Å². The maximum Gasteiger partial charge on any atom is 0.329 e. The number of methoxy groups -OCH3 is 1. The largest absolute Gasteiger partial charge is 0.508 e. The number of aromatic hydroxyl groups is 1. The number of cyclic esters (lactones) is 1. The van der Waals surface area contributed by atoms with Crippen LogP contribution in [0.5, 0.6) is 5.75 Å². The smallest absolute Gasteiger partial charge is 0.329 e. The maximum absolute atomic E-state index is 15.6. The zero-order valence-corrected chi connectivity index (χ0v) is 65.1. The number of nitrogens with one attached hydrogen (secondary N) is 8. The number of amides is 12. The number of hydrogen-bond acceptors (Lipinski definition) is 23. The van der Waals surface area contributed by atoms with Gasteiger partial charge < -0.3 is 127 Å². The summed E-state index contributed by atoms with van der Waals surface area (Å²) in [6.07, 6.45) is -14.0. The van der Waals surface area contributed by atoms with Gasteiger partial charge in [0.25, 0.3) is 5.91 Å². The Morgan fingerprint density at radius 1 is 0.667 bits per heavy atom. The second kappa shape index (κ2) is 45.3. The number of likely N-dealkylation sites (N-methyl/N-ethyl adjacent to an activating group) is 1. The fraction of sp³-hybridized carbons (Fsp3) is 0.690. The third kappa shape index (κ3) is 29.6. The molecular weight excluding hydrogens is 1460 g/mol. The predicted octanol–water partition coefficient (Wildman–Crippen LogP) is -5.46. The van der Waals surface area contributed by atoms with E-state index in [-0.39, 0.29) is 100 Å². The number of piperidine rings is 1. The quantitative estimate of drug-likeness (QED) is 0.0129. The number of carboxylic acids is 1. The van der Waals surface area contributed by atoms with E-state index in [0.717, 1.165) is 30.7 Å². The van der Waals surface area contributed by atoms with Crippen LogP contribution < -0.4 is 76.9 Å². The zero-order chi connectivity index (χ0) is 84.2. The van der Waals surface area contributed by atoms with Crippen LogP contribution in [0.25, 0.3) is 0 Å². The Balaban J connectivity index is 2.38. The van der Waals surface area contributed by atoms with E-state index in [0.29, 0.717) is 6.42 Å². The van der Waals surface area contributed by atoms with Gasteiger partial charge in [-0.1, -0.05) is 67.5 Å². The topological polar surface area (TPSA) is 662 Å². The summed E-state index contributed by atoms with van der Waals surface area (Å²) in [5, 5.41) is 86.0. The molecule has 0 radical (unpaired) electrons. The van der Waals surface area contributed by atoms with Crippen LogP contribution in [-0.2, 0) is 76.6 Å². The SMILES string of the molecule is CO[C@H](c1ccc(O)cc1)[C@H]1NC(=O)[C@H](CCC(=O)O)N(C)C(=O)[C@H](CC(C)C)NC(=O)[C@@H](CCCN=C(N)N)NC(=O)[C@@H]([C@@H](C)O)NC(=O)[C@H](NC(=O)C(NC(=O)[C@H](O)[C@H](O)[C@H](CCCN=C(N)N)NC(=O)[C@H](CC(N)=O)NC(=O)[C@H](C)[C@H](O)[C@H](C)CC(C)C)C(C)C(C)C(N)=O)[C@@H](C)OC(=O)[C@@H]2CCCCN2C1=O. The second-order valence-electron chi connectivity index (χ2n) is 29.4. The fourth-order valence-electron chi connectivity index (χ4n) is 13.0. The number of carboxylic acid groups (broad SMARTS) is 1. The summed E-state index contributed by atoms with van der Waals surface area (Å²) in [6, 6.07) is -13.3. The number of esters is 1. The first kappa shape index (κ1) is 95.1. The van der Waals surface area contributed by atoms with Gasteiger partial charge in [-0.3, -0.25) is 72.3 Å². The van der Waals surface area contributed by atoms with Crippen LogP contribution in [0.2, 0.25) is 0 Å². The Morgan fingerprint density at radius 2 is 1.26 bits per heavy atom. The van der Waals surface area contributed by atoms with Gasteiger partial charge in [-0.25, -0.2) is 4.79 Å². The van der Waals surface area contributed by atoms with Gasteiger partial charge in [-0.15, -0.1) is 0 Å². The Morgan fingerprint density at radius 3 is 1.81 bits per heavy atom. The number of phenols is 1. The maximum atomic E-state index is 15.6. The highest BCUT2D eigenvalue weighted by atomic mass is 16.5. The van der Waals surface area contributed by atoms with Crippen LogP contribution in [0.4, 0.5) is 0 Å². The van der Waals surface area contributed by atoms with E-state index in [4.69, 9.17) is 43.9 Å². The number of nitrogens with two attached hydrogens (primary N) is 6. The Labute approximate surface area is 644 Å². The number of ether oxygens (including phenoxy) is 2. The molecule has 624 valence electrons. The Bertz CT molecular complexity index is 3430. The zero-order valence-electron chi connectivity index (χ0n) is 65.1. The van der Waals surface area contributed by atoms with Crippen LogP contribution in [0, 0.1) is 35.5 Å². The van der Waals surface area contributed by atoms with Crippen LogP contribution in [0.3, 0.4) is 0 Å². The number of carbonyl (C=O) groups excluding carboxylic acids is 13. The lowest BCUT2D eigenvalue weighted by molar-refractivity contribution is -0.165. The molecule has 2 heterocycles. The summed E-state index contributed by atoms with van der Waals surface area (Å²) in [5.74, 6) is -22.5. The summed E-state index contributed by atoms with van der Waals surface area (Å²) < 4.78 is 11.9. The average Bonchev–Trinajstić information content (AvgIpc) is 0.786. The van der Waals surface area contributed by atoms with Gasteiger partial charge in [0, 0.05) is 46.1 Å². The molecule has 12 amide bonds. The minimum absolute atomic E-state index is 0.0625. The highest BCUT2D eigenvalue weighted by molar-refractivity contribution is 6.00. The van der Waals surface area contributed by atoms with Gasteiger partial charge in [0.1, 0.15) is 78.4 Å². The molecule has 1 aromatic rings. The van der Waals surface area contributed by atoms with Crippen molar-refractivity contribution >= 4 is 94.7 Å². The van der Waals surface area contributed by atoms with Crippen molar-refractivity contribution < 1.29 is 107 Å². The number of primary amides is 2. The number of aliphatic hydroxyl groups excluding tert-OH is 4. The third-order valence-corrected chi connectivity index (χ3v) is 19.5. The van der Waals surface area contributed by atoms with E-state index in [1.807, 2.05) is 13.8 Å². The first-order chi connectivity index (χ1) is 51.8. The van der Waals surface area contributed by atoms with Gasteiger partial charge in [-0.2, -0.15) is 0 Å².